The molecule has 7 nitrogen and oxygen atoms in total. The van der Waals surface area contributed by atoms with E-state index in [0.29, 0.717) is 24.7 Å². The van der Waals surface area contributed by atoms with E-state index in [9.17, 15) is 4.79 Å². The SMILES string of the molecule is CCOC1CCCN(C(=O)c2cnc(NN)cn2)C1. The predicted octanol–water partition coefficient (Wildman–Crippen LogP) is 0.403. The summed E-state index contributed by atoms with van der Waals surface area (Å²) in [7, 11) is 0. The second kappa shape index (κ2) is 6.44. The second-order valence-electron chi connectivity index (χ2n) is 4.40. The molecule has 0 saturated carbocycles. The first-order valence-electron chi connectivity index (χ1n) is 6.44. The molecular weight excluding hydrogens is 246 g/mol. The Morgan fingerprint density at radius 3 is 3.05 bits per heavy atom. The number of nitrogens with two attached hydrogens (primary N) is 1. The number of hydrogen-bond acceptors (Lipinski definition) is 6. The minimum Gasteiger partial charge on any atom is -0.377 e. The summed E-state index contributed by atoms with van der Waals surface area (Å²) < 4.78 is 5.58. The number of anilines is 1. The molecule has 0 spiro atoms. The summed E-state index contributed by atoms with van der Waals surface area (Å²) in [6.45, 7) is 3.99. The molecule has 0 aromatic carbocycles. The summed E-state index contributed by atoms with van der Waals surface area (Å²) in [4.78, 5) is 22.1. The predicted molar refractivity (Wildman–Crippen MR) is 70.4 cm³/mol. The molecule has 2 rings (SSSR count). The minimum absolute atomic E-state index is 0.111. The molecule has 1 saturated heterocycles. The van der Waals surface area contributed by atoms with Gasteiger partial charge in [0.15, 0.2) is 5.82 Å². The van der Waals surface area contributed by atoms with Crippen molar-refractivity contribution in [2.24, 2.45) is 5.84 Å². The van der Waals surface area contributed by atoms with Crippen LogP contribution in [0.2, 0.25) is 0 Å². The molecule has 1 aliphatic rings. The van der Waals surface area contributed by atoms with Crippen LogP contribution >= 0.6 is 0 Å². The van der Waals surface area contributed by atoms with Crippen LogP contribution < -0.4 is 11.3 Å². The lowest BCUT2D eigenvalue weighted by molar-refractivity contribution is 0.00702. The fourth-order valence-corrected chi connectivity index (χ4v) is 2.17. The summed E-state index contributed by atoms with van der Waals surface area (Å²) in [5.74, 6) is 5.53. The Bertz CT molecular complexity index is 421. The molecular formula is C12H19N5O2. The third-order valence-corrected chi connectivity index (χ3v) is 3.09. The van der Waals surface area contributed by atoms with Crippen molar-refractivity contribution in [3.8, 4) is 0 Å². The van der Waals surface area contributed by atoms with Crippen molar-refractivity contribution < 1.29 is 9.53 Å². The number of piperidine rings is 1. The first-order valence-corrected chi connectivity index (χ1v) is 6.44. The molecule has 19 heavy (non-hydrogen) atoms. The lowest BCUT2D eigenvalue weighted by Gasteiger charge is -2.32. The van der Waals surface area contributed by atoms with E-state index in [-0.39, 0.29) is 12.0 Å². The van der Waals surface area contributed by atoms with Gasteiger partial charge >= 0.3 is 0 Å². The third-order valence-electron chi connectivity index (χ3n) is 3.09. The van der Waals surface area contributed by atoms with Crippen molar-refractivity contribution in [1.29, 1.82) is 0 Å². The molecule has 1 fully saturated rings. The fourth-order valence-electron chi connectivity index (χ4n) is 2.17. The lowest BCUT2D eigenvalue weighted by atomic mass is 10.1. The number of likely N-dealkylation sites (tertiary alicyclic amines) is 1. The molecule has 1 aromatic heterocycles. The number of rotatable bonds is 4. The minimum atomic E-state index is -0.111. The maximum Gasteiger partial charge on any atom is 0.274 e. The first-order chi connectivity index (χ1) is 9.24. The average Bonchev–Trinajstić information content (AvgIpc) is 2.47. The van der Waals surface area contributed by atoms with E-state index in [1.807, 2.05) is 6.92 Å². The second-order valence-corrected chi connectivity index (χ2v) is 4.40. The zero-order valence-electron chi connectivity index (χ0n) is 11.0. The van der Waals surface area contributed by atoms with Gasteiger partial charge < -0.3 is 15.1 Å². The van der Waals surface area contributed by atoms with Crippen molar-refractivity contribution in [3.05, 3.63) is 18.1 Å². The standard InChI is InChI=1S/C12H19N5O2/c1-2-19-9-4-3-5-17(8-9)12(18)10-6-15-11(16-13)7-14-10/h6-7,9H,2-5,8,13H2,1H3,(H,15,16). The van der Waals surface area contributed by atoms with Crippen LogP contribution in [0.15, 0.2) is 12.4 Å². The summed E-state index contributed by atoms with van der Waals surface area (Å²) in [6.07, 6.45) is 4.95. The van der Waals surface area contributed by atoms with Gasteiger partial charge in [-0.2, -0.15) is 0 Å². The molecule has 0 bridgehead atoms. The van der Waals surface area contributed by atoms with Gasteiger partial charge in [0.2, 0.25) is 0 Å². The fraction of sp³-hybridized carbons (Fsp3) is 0.583. The van der Waals surface area contributed by atoms with Gasteiger partial charge in [-0.1, -0.05) is 0 Å². The Morgan fingerprint density at radius 2 is 2.42 bits per heavy atom. The van der Waals surface area contributed by atoms with Gasteiger partial charge in [0, 0.05) is 19.7 Å². The van der Waals surface area contributed by atoms with Crippen LogP contribution in [0.3, 0.4) is 0 Å². The van der Waals surface area contributed by atoms with E-state index >= 15 is 0 Å². The smallest absolute Gasteiger partial charge is 0.274 e. The summed E-state index contributed by atoms with van der Waals surface area (Å²) in [5.41, 5.74) is 2.71. The normalized spacial score (nSPS) is 19.3. The van der Waals surface area contributed by atoms with Crippen molar-refractivity contribution in [2.45, 2.75) is 25.9 Å². The van der Waals surface area contributed by atoms with Gasteiger partial charge in [-0.15, -0.1) is 0 Å². The topological polar surface area (TPSA) is 93.4 Å². The number of carbonyl (C=O) groups is 1. The summed E-state index contributed by atoms with van der Waals surface area (Å²) >= 11 is 0. The van der Waals surface area contributed by atoms with E-state index in [4.69, 9.17) is 10.6 Å². The lowest BCUT2D eigenvalue weighted by Crippen LogP contribution is -2.43. The molecule has 1 unspecified atom stereocenters. The van der Waals surface area contributed by atoms with Crippen LogP contribution in [-0.4, -0.2) is 46.6 Å². The number of nitrogens with zero attached hydrogens (tertiary/aromatic N) is 3. The Kier molecular flexibility index (Phi) is 4.64. The number of carbonyl (C=O) groups excluding carboxylic acids is 1. The van der Waals surface area contributed by atoms with Gasteiger partial charge in [-0.25, -0.2) is 15.8 Å². The molecule has 0 radical (unpaired) electrons. The van der Waals surface area contributed by atoms with Crippen LogP contribution in [0.5, 0.6) is 0 Å². The van der Waals surface area contributed by atoms with Crippen LogP contribution in [0.1, 0.15) is 30.3 Å². The van der Waals surface area contributed by atoms with E-state index in [1.54, 1.807) is 4.90 Å². The molecule has 104 valence electrons. The highest BCUT2D eigenvalue weighted by molar-refractivity contribution is 5.92. The van der Waals surface area contributed by atoms with Crippen molar-refractivity contribution in [2.75, 3.05) is 25.1 Å². The maximum atomic E-state index is 12.3. The van der Waals surface area contributed by atoms with E-state index in [2.05, 4.69) is 15.4 Å². The first kappa shape index (κ1) is 13.7. The number of aromatic nitrogens is 2. The van der Waals surface area contributed by atoms with Crippen LogP contribution in [-0.2, 0) is 4.74 Å². The van der Waals surface area contributed by atoms with Crippen LogP contribution in [0.4, 0.5) is 5.82 Å². The number of nitrogen functional groups attached to an aromatic ring is 1. The highest BCUT2D eigenvalue weighted by Crippen LogP contribution is 2.15. The van der Waals surface area contributed by atoms with Gasteiger partial charge in [0.25, 0.3) is 5.91 Å². The Hall–Kier alpha value is -1.73. The molecule has 1 aromatic rings. The third kappa shape index (κ3) is 3.39. The van der Waals surface area contributed by atoms with E-state index in [1.165, 1.54) is 12.4 Å². The van der Waals surface area contributed by atoms with Gasteiger partial charge in [0.1, 0.15) is 5.69 Å². The zero-order chi connectivity index (χ0) is 13.7. The monoisotopic (exact) mass is 265 g/mol. The number of hydrazine groups is 1. The number of ether oxygens (including phenoxy) is 1. The molecule has 1 atom stereocenters. The summed E-state index contributed by atoms with van der Waals surface area (Å²) in [5, 5.41) is 0. The molecule has 2 heterocycles. The highest BCUT2D eigenvalue weighted by Gasteiger charge is 2.25. The summed E-state index contributed by atoms with van der Waals surface area (Å²) in [6, 6.07) is 0. The quantitative estimate of drug-likeness (QED) is 0.604. The largest absolute Gasteiger partial charge is 0.377 e. The molecule has 0 aliphatic carbocycles. The van der Waals surface area contributed by atoms with Crippen molar-refractivity contribution >= 4 is 11.7 Å². The number of hydrogen-bond donors (Lipinski definition) is 2. The zero-order valence-corrected chi connectivity index (χ0v) is 11.0. The highest BCUT2D eigenvalue weighted by atomic mass is 16.5. The van der Waals surface area contributed by atoms with E-state index < -0.39 is 0 Å². The Balaban J connectivity index is 2.01. The molecule has 7 heteroatoms. The molecule has 1 aliphatic heterocycles. The van der Waals surface area contributed by atoms with Gasteiger partial charge in [0.05, 0.1) is 18.5 Å². The molecule has 1 amide bonds. The van der Waals surface area contributed by atoms with Crippen molar-refractivity contribution in [3.63, 3.8) is 0 Å². The van der Waals surface area contributed by atoms with Gasteiger partial charge in [-0.05, 0) is 19.8 Å². The number of amides is 1. The van der Waals surface area contributed by atoms with Crippen molar-refractivity contribution in [1.82, 2.24) is 14.9 Å². The Labute approximate surface area is 112 Å². The van der Waals surface area contributed by atoms with Crippen LogP contribution in [0.25, 0.3) is 0 Å². The maximum absolute atomic E-state index is 12.3. The van der Waals surface area contributed by atoms with Crippen LogP contribution in [0, 0.1) is 0 Å². The Morgan fingerprint density at radius 1 is 1.58 bits per heavy atom. The van der Waals surface area contributed by atoms with E-state index in [0.717, 1.165) is 19.4 Å². The van der Waals surface area contributed by atoms with Gasteiger partial charge in [-0.3, -0.25) is 4.79 Å². The molecule has 3 N–H and O–H groups in total. The number of nitrogens with one attached hydrogen (secondary N) is 1. The average molecular weight is 265 g/mol.